The highest BCUT2D eigenvalue weighted by molar-refractivity contribution is 4.77. The van der Waals surface area contributed by atoms with Crippen molar-refractivity contribution in [2.24, 2.45) is 28.7 Å². The molecule has 0 heterocycles. The normalized spacial score (nSPS) is 13.3. The number of hydrogen-bond acceptors (Lipinski definition) is 7. The van der Waals surface area contributed by atoms with Crippen molar-refractivity contribution in [3.05, 3.63) is 0 Å². The molecule has 0 rings (SSSR count). The standard InChI is InChI=1S/C14H37N7/c15-4-2-1-3-14(21(11-7-18)12-8-19)13-20(9-5-16)10-6-17/h14H,1-13,15-19H2. The molecule has 0 aromatic rings. The first-order valence-electron chi connectivity index (χ1n) is 8.20. The van der Waals surface area contributed by atoms with Crippen LogP contribution in [0.25, 0.3) is 0 Å². The van der Waals surface area contributed by atoms with Crippen LogP contribution >= 0.6 is 0 Å². The molecule has 0 aliphatic carbocycles. The maximum atomic E-state index is 5.74. The molecule has 1 unspecified atom stereocenters. The molecule has 0 radical (unpaired) electrons. The van der Waals surface area contributed by atoms with Crippen molar-refractivity contribution in [2.75, 3.05) is 65.4 Å². The van der Waals surface area contributed by atoms with Gasteiger partial charge in [-0.25, -0.2) is 0 Å². The molecule has 0 spiro atoms. The van der Waals surface area contributed by atoms with E-state index in [2.05, 4.69) is 9.80 Å². The van der Waals surface area contributed by atoms with Crippen molar-refractivity contribution >= 4 is 0 Å². The second kappa shape index (κ2) is 14.6. The molecule has 7 nitrogen and oxygen atoms in total. The van der Waals surface area contributed by atoms with Crippen LogP contribution in [0.2, 0.25) is 0 Å². The zero-order valence-corrected chi connectivity index (χ0v) is 13.6. The van der Waals surface area contributed by atoms with Gasteiger partial charge in [0.1, 0.15) is 0 Å². The van der Waals surface area contributed by atoms with Crippen LogP contribution in [0.1, 0.15) is 19.3 Å². The smallest absolute Gasteiger partial charge is 0.0224 e. The molecule has 0 bridgehead atoms. The Morgan fingerprint density at radius 2 is 1.14 bits per heavy atom. The number of hydrogen-bond donors (Lipinski definition) is 5. The lowest BCUT2D eigenvalue weighted by Crippen LogP contribution is -2.49. The molecule has 0 aromatic heterocycles. The van der Waals surface area contributed by atoms with Crippen molar-refractivity contribution in [2.45, 2.75) is 25.3 Å². The van der Waals surface area contributed by atoms with Crippen LogP contribution in [-0.2, 0) is 0 Å². The van der Waals surface area contributed by atoms with E-state index < -0.39 is 0 Å². The van der Waals surface area contributed by atoms with Gasteiger partial charge in [-0.05, 0) is 19.4 Å². The molecule has 128 valence electrons. The Balaban J connectivity index is 4.64. The third-order valence-electron chi connectivity index (χ3n) is 3.70. The molecular weight excluding hydrogens is 266 g/mol. The van der Waals surface area contributed by atoms with E-state index in [0.29, 0.717) is 32.2 Å². The van der Waals surface area contributed by atoms with E-state index in [4.69, 9.17) is 28.7 Å². The fourth-order valence-corrected chi connectivity index (χ4v) is 2.68. The fourth-order valence-electron chi connectivity index (χ4n) is 2.68. The minimum absolute atomic E-state index is 0.446. The summed E-state index contributed by atoms with van der Waals surface area (Å²) in [5.41, 5.74) is 28.5. The summed E-state index contributed by atoms with van der Waals surface area (Å²) in [6.07, 6.45) is 3.30. The topological polar surface area (TPSA) is 137 Å². The molecule has 1 atom stereocenters. The van der Waals surface area contributed by atoms with Gasteiger partial charge in [0.2, 0.25) is 0 Å². The molecule has 10 N–H and O–H groups in total. The molecule has 7 heteroatoms. The van der Waals surface area contributed by atoms with Crippen molar-refractivity contribution in [3.63, 3.8) is 0 Å². The first kappa shape index (κ1) is 20.7. The van der Waals surface area contributed by atoms with Crippen molar-refractivity contribution in [1.82, 2.24) is 9.80 Å². The van der Waals surface area contributed by atoms with Gasteiger partial charge in [-0.3, -0.25) is 9.80 Å². The Hall–Kier alpha value is -0.280. The lowest BCUT2D eigenvalue weighted by atomic mass is 10.1. The molecule has 0 amide bonds. The van der Waals surface area contributed by atoms with Crippen LogP contribution < -0.4 is 28.7 Å². The van der Waals surface area contributed by atoms with E-state index in [0.717, 1.165) is 58.5 Å². The minimum Gasteiger partial charge on any atom is -0.330 e. The van der Waals surface area contributed by atoms with E-state index in [1.807, 2.05) is 0 Å². The maximum absolute atomic E-state index is 5.74. The molecule has 0 aliphatic heterocycles. The third-order valence-corrected chi connectivity index (χ3v) is 3.70. The number of unbranched alkanes of at least 4 members (excludes halogenated alkanes) is 1. The third kappa shape index (κ3) is 10.1. The number of nitrogens with zero attached hydrogens (tertiary/aromatic N) is 2. The van der Waals surface area contributed by atoms with Gasteiger partial charge < -0.3 is 28.7 Å². The highest BCUT2D eigenvalue weighted by Gasteiger charge is 2.19. The van der Waals surface area contributed by atoms with Gasteiger partial charge in [0.15, 0.2) is 0 Å². The second-order valence-corrected chi connectivity index (χ2v) is 5.43. The van der Waals surface area contributed by atoms with Crippen molar-refractivity contribution in [1.29, 1.82) is 0 Å². The Morgan fingerprint density at radius 3 is 1.57 bits per heavy atom. The van der Waals surface area contributed by atoms with E-state index >= 15 is 0 Å². The summed E-state index contributed by atoms with van der Waals surface area (Å²) in [7, 11) is 0. The summed E-state index contributed by atoms with van der Waals surface area (Å²) < 4.78 is 0. The molecule has 0 saturated heterocycles. The van der Waals surface area contributed by atoms with Gasteiger partial charge in [0.05, 0.1) is 0 Å². The Kier molecular flexibility index (Phi) is 14.5. The highest BCUT2D eigenvalue weighted by atomic mass is 15.2. The van der Waals surface area contributed by atoms with E-state index in [1.54, 1.807) is 0 Å². The van der Waals surface area contributed by atoms with E-state index in [1.165, 1.54) is 0 Å². The van der Waals surface area contributed by atoms with Gasteiger partial charge in [0.25, 0.3) is 0 Å². The molecule has 21 heavy (non-hydrogen) atoms. The van der Waals surface area contributed by atoms with Gasteiger partial charge >= 0.3 is 0 Å². The lowest BCUT2D eigenvalue weighted by Gasteiger charge is -2.35. The number of rotatable bonds is 15. The zero-order valence-electron chi connectivity index (χ0n) is 13.6. The quantitative estimate of drug-likeness (QED) is 0.219. The first-order chi connectivity index (χ1) is 10.2. The summed E-state index contributed by atoms with van der Waals surface area (Å²) in [6, 6.07) is 0.446. The predicted octanol–water partition coefficient (Wildman–Crippen LogP) is -2.08. The predicted molar refractivity (Wildman–Crippen MR) is 90.9 cm³/mol. The summed E-state index contributed by atoms with van der Waals surface area (Å²) in [6.45, 7) is 7.85. The van der Waals surface area contributed by atoms with E-state index in [9.17, 15) is 0 Å². The SMILES string of the molecule is NCCCCC(CN(CCN)CCN)N(CCN)CCN. The van der Waals surface area contributed by atoms with Crippen LogP contribution in [0.4, 0.5) is 0 Å². The van der Waals surface area contributed by atoms with Crippen LogP contribution in [0, 0.1) is 0 Å². The first-order valence-corrected chi connectivity index (χ1v) is 8.20. The minimum atomic E-state index is 0.446. The summed E-state index contributed by atoms with van der Waals surface area (Å²) in [5.74, 6) is 0. The van der Waals surface area contributed by atoms with Crippen LogP contribution in [-0.4, -0.2) is 81.3 Å². The second-order valence-electron chi connectivity index (χ2n) is 5.43. The Bertz CT molecular complexity index is 203. The maximum Gasteiger partial charge on any atom is 0.0224 e. The lowest BCUT2D eigenvalue weighted by molar-refractivity contribution is 0.137. The monoisotopic (exact) mass is 303 g/mol. The summed E-state index contributed by atoms with van der Waals surface area (Å²) in [4.78, 5) is 4.74. The Labute approximate surface area is 130 Å². The highest BCUT2D eigenvalue weighted by Crippen LogP contribution is 2.10. The van der Waals surface area contributed by atoms with Gasteiger partial charge in [-0.1, -0.05) is 6.42 Å². The van der Waals surface area contributed by atoms with Gasteiger partial charge in [-0.15, -0.1) is 0 Å². The number of nitrogens with two attached hydrogens (primary N) is 5. The van der Waals surface area contributed by atoms with Crippen molar-refractivity contribution < 1.29 is 0 Å². The fraction of sp³-hybridized carbons (Fsp3) is 1.00. The van der Waals surface area contributed by atoms with Crippen LogP contribution in [0.15, 0.2) is 0 Å². The van der Waals surface area contributed by atoms with Gasteiger partial charge in [-0.2, -0.15) is 0 Å². The molecule has 0 aliphatic rings. The summed E-state index contributed by atoms with van der Waals surface area (Å²) in [5, 5.41) is 0. The molecular formula is C14H37N7. The molecule has 0 saturated carbocycles. The Morgan fingerprint density at radius 1 is 0.619 bits per heavy atom. The zero-order chi connectivity index (χ0) is 15.9. The molecule has 0 aromatic carbocycles. The average molecular weight is 303 g/mol. The summed E-state index contributed by atoms with van der Waals surface area (Å²) >= 11 is 0. The van der Waals surface area contributed by atoms with Crippen LogP contribution in [0.3, 0.4) is 0 Å². The van der Waals surface area contributed by atoms with E-state index in [-0.39, 0.29) is 0 Å². The average Bonchev–Trinajstić information content (AvgIpc) is 2.46. The van der Waals surface area contributed by atoms with Crippen molar-refractivity contribution in [3.8, 4) is 0 Å². The van der Waals surface area contributed by atoms with Gasteiger partial charge in [0, 0.05) is 64.9 Å². The largest absolute Gasteiger partial charge is 0.330 e. The molecule has 0 fully saturated rings. The van der Waals surface area contributed by atoms with Crippen LogP contribution in [0.5, 0.6) is 0 Å².